The molecule has 0 saturated heterocycles. The molecule has 1 saturated carbocycles. The van der Waals surface area contributed by atoms with Crippen LogP contribution in [0.2, 0.25) is 0 Å². The second-order valence-corrected chi connectivity index (χ2v) is 6.11. The zero-order valence-electron chi connectivity index (χ0n) is 11.6. The van der Waals surface area contributed by atoms with Crippen LogP contribution in [0.25, 0.3) is 0 Å². The number of nitrogens with two attached hydrogens (primary N) is 1. The fraction of sp³-hybridized carbons (Fsp3) is 1.00. The molecule has 0 aromatic heterocycles. The monoisotopic (exact) mass is 226 g/mol. The van der Waals surface area contributed by atoms with Crippen LogP contribution in [0.3, 0.4) is 0 Å². The zero-order chi connectivity index (χ0) is 12.2. The number of rotatable bonds is 4. The van der Waals surface area contributed by atoms with E-state index in [1.807, 2.05) is 0 Å². The van der Waals surface area contributed by atoms with Crippen LogP contribution in [0.5, 0.6) is 0 Å². The van der Waals surface area contributed by atoms with Gasteiger partial charge >= 0.3 is 0 Å². The fourth-order valence-electron chi connectivity index (χ4n) is 2.51. The molecule has 0 aromatic carbocycles. The van der Waals surface area contributed by atoms with Crippen LogP contribution < -0.4 is 5.73 Å². The maximum absolute atomic E-state index is 6.29. The molecule has 1 fully saturated rings. The second-order valence-electron chi connectivity index (χ2n) is 6.11. The van der Waals surface area contributed by atoms with Gasteiger partial charge in [0.05, 0.1) is 0 Å². The van der Waals surface area contributed by atoms with Crippen LogP contribution >= 0.6 is 0 Å². The van der Waals surface area contributed by atoms with Crippen molar-refractivity contribution < 1.29 is 0 Å². The summed E-state index contributed by atoms with van der Waals surface area (Å²) in [6.07, 6.45) is 7.84. The van der Waals surface area contributed by atoms with Gasteiger partial charge in [-0.05, 0) is 46.1 Å². The summed E-state index contributed by atoms with van der Waals surface area (Å²) < 4.78 is 0. The number of nitrogens with zero attached hydrogens (tertiary/aromatic N) is 1. The molecule has 0 amide bonds. The summed E-state index contributed by atoms with van der Waals surface area (Å²) in [5.74, 6) is 0.707. The standard InChI is InChI=1S/C14H30N2/c1-5-14(2,3)16(4)11-12-9-7-6-8-10-13(12)15/h12-13H,5-11,15H2,1-4H3. The van der Waals surface area contributed by atoms with E-state index in [2.05, 4.69) is 32.7 Å². The molecular weight excluding hydrogens is 196 g/mol. The molecule has 0 heterocycles. The molecule has 2 N–H and O–H groups in total. The Morgan fingerprint density at radius 2 is 1.81 bits per heavy atom. The largest absolute Gasteiger partial charge is 0.327 e. The van der Waals surface area contributed by atoms with Gasteiger partial charge < -0.3 is 10.6 Å². The highest BCUT2D eigenvalue weighted by Crippen LogP contribution is 2.25. The molecular formula is C14H30N2. The number of hydrogen-bond acceptors (Lipinski definition) is 2. The first kappa shape index (κ1) is 14.0. The Balaban J connectivity index is 2.51. The highest BCUT2D eigenvalue weighted by atomic mass is 15.2. The third kappa shape index (κ3) is 3.74. The normalized spacial score (nSPS) is 28.1. The molecule has 2 atom stereocenters. The highest BCUT2D eigenvalue weighted by molar-refractivity contribution is 4.84. The topological polar surface area (TPSA) is 29.3 Å². The van der Waals surface area contributed by atoms with Gasteiger partial charge in [-0.2, -0.15) is 0 Å². The Hall–Kier alpha value is -0.0800. The minimum absolute atomic E-state index is 0.312. The van der Waals surface area contributed by atoms with Crippen LogP contribution in [0.4, 0.5) is 0 Å². The quantitative estimate of drug-likeness (QED) is 0.747. The molecule has 96 valence electrons. The van der Waals surface area contributed by atoms with Crippen molar-refractivity contribution in [2.24, 2.45) is 11.7 Å². The predicted molar refractivity (Wildman–Crippen MR) is 71.6 cm³/mol. The summed E-state index contributed by atoms with van der Waals surface area (Å²) in [4.78, 5) is 2.50. The summed E-state index contributed by atoms with van der Waals surface area (Å²) in [7, 11) is 2.25. The van der Waals surface area contributed by atoms with Gasteiger partial charge in [0, 0.05) is 18.1 Å². The predicted octanol–water partition coefficient (Wildman–Crippen LogP) is 3.01. The molecule has 0 radical (unpaired) electrons. The highest BCUT2D eigenvalue weighted by Gasteiger charge is 2.27. The Bertz CT molecular complexity index is 201. The Morgan fingerprint density at radius 1 is 1.19 bits per heavy atom. The van der Waals surface area contributed by atoms with Crippen molar-refractivity contribution in [1.82, 2.24) is 4.90 Å². The molecule has 0 bridgehead atoms. The Kier molecular flexibility index (Phi) is 5.26. The van der Waals surface area contributed by atoms with Gasteiger partial charge in [-0.15, -0.1) is 0 Å². The minimum atomic E-state index is 0.312. The summed E-state index contributed by atoms with van der Waals surface area (Å²) in [5.41, 5.74) is 6.60. The van der Waals surface area contributed by atoms with Crippen molar-refractivity contribution in [2.75, 3.05) is 13.6 Å². The van der Waals surface area contributed by atoms with Gasteiger partial charge in [-0.1, -0.05) is 26.2 Å². The van der Waals surface area contributed by atoms with Crippen molar-refractivity contribution in [3.05, 3.63) is 0 Å². The van der Waals surface area contributed by atoms with E-state index in [1.165, 1.54) is 45.1 Å². The summed E-state index contributed by atoms with van der Waals surface area (Å²) >= 11 is 0. The Morgan fingerprint density at radius 3 is 2.44 bits per heavy atom. The van der Waals surface area contributed by atoms with Gasteiger partial charge in [0.1, 0.15) is 0 Å². The van der Waals surface area contributed by atoms with Crippen LogP contribution in [0, 0.1) is 5.92 Å². The molecule has 2 heteroatoms. The van der Waals surface area contributed by atoms with Crippen LogP contribution in [0.15, 0.2) is 0 Å². The fourth-order valence-corrected chi connectivity index (χ4v) is 2.51. The molecule has 0 aliphatic heterocycles. The van der Waals surface area contributed by atoms with E-state index in [4.69, 9.17) is 5.73 Å². The average Bonchev–Trinajstić information content (AvgIpc) is 2.44. The lowest BCUT2D eigenvalue weighted by Gasteiger charge is -2.38. The minimum Gasteiger partial charge on any atom is -0.327 e. The molecule has 1 aliphatic rings. The first-order valence-corrected chi connectivity index (χ1v) is 6.94. The lowest BCUT2D eigenvalue weighted by Crippen LogP contribution is -2.46. The summed E-state index contributed by atoms with van der Waals surface area (Å²) in [6.45, 7) is 8.09. The van der Waals surface area contributed by atoms with E-state index in [0.29, 0.717) is 17.5 Å². The van der Waals surface area contributed by atoms with Gasteiger partial charge in [-0.3, -0.25) is 0 Å². The van der Waals surface area contributed by atoms with Crippen molar-refractivity contribution in [3.8, 4) is 0 Å². The van der Waals surface area contributed by atoms with E-state index >= 15 is 0 Å². The molecule has 16 heavy (non-hydrogen) atoms. The maximum atomic E-state index is 6.29. The van der Waals surface area contributed by atoms with Crippen LogP contribution in [0.1, 0.15) is 59.3 Å². The molecule has 0 aromatic rings. The first-order valence-electron chi connectivity index (χ1n) is 6.94. The third-order valence-corrected chi connectivity index (χ3v) is 4.62. The third-order valence-electron chi connectivity index (χ3n) is 4.62. The van der Waals surface area contributed by atoms with Crippen molar-refractivity contribution in [3.63, 3.8) is 0 Å². The molecule has 2 nitrogen and oxygen atoms in total. The summed E-state index contributed by atoms with van der Waals surface area (Å²) in [6, 6.07) is 0.428. The van der Waals surface area contributed by atoms with Crippen molar-refractivity contribution in [1.29, 1.82) is 0 Å². The van der Waals surface area contributed by atoms with Gasteiger partial charge in [0.25, 0.3) is 0 Å². The van der Waals surface area contributed by atoms with Gasteiger partial charge in [0.2, 0.25) is 0 Å². The zero-order valence-corrected chi connectivity index (χ0v) is 11.6. The lowest BCUT2D eigenvalue weighted by molar-refractivity contribution is 0.117. The smallest absolute Gasteiger partial charge is 0.0147 e. The second kappa shape index (κ2) is 6.02. The molecule has 0 spiro atoms. The number of hydrogen-bond donors (Lipinski definition) is 1. The van der Waals surface area contributed by atoms with E-state index in [9.17, 15) is 0 Å². The SMILES string of the molecule is CCC(C)(C)N(C)CC1CCCCCC1N. The lowest BCUT2D eigenvalue weighted by atomic mass is 9.92. The van der Waals surface area contributed by atoms with E-state index in [-0.39, 0.29) is 0 Å². The van der Waals surface area contributed by atoms with Gasteiger partial charge in [0.15, 0.2) is 0 Å². The maximum Gasteiger partial charge on any atom is 0.0147 e. The van der Waals surface area contributed by atoms with Crippen LogP contribution in [-0.4, -0.2) is 30.1 Å². The van der Waals surface area contributed by atoms with Crippen molar-refractivity contribution >= 4 is 0 Å². The first-order chi connectivity index (χ1) is 7.47. The van der Waals surface area contributed by atoms with E-state index < -0.39 is 0 Å². The molecule has 2 unspecified atom stereocenters. The molecule has 1 aliphatic carbocycles. The van der Waals surface area contributed by atoms with E-state index in [1.54, 1.807) is 0 Å². The summed E-state index contributed by atoms with van der Waals surface area (Å²) in [5, 5.41) is 0. The Labute approximate surface area is 102 Å². The van der Waals surface area contributed by atoms with Gasteiger partial charge in [-0.25, -0.2) is 0 Å². The van der Waals surface area contributed by atoms with Crippen LogP contribution in [-0.2, 0) is 0 Å². The average molecular weight is 226 g/mol. The van der Waals surface area contributed by atoms with E-state index in [0.717, 1.165) is 0 Å². The van der Waals surface area contributed by atoms with Crippen molar-refractivity contribution in [2.45, 2.75) is 70.9 Å². The molecule has 1 rings (SSSR count).